The maximum absolute atomic E-state index is 13.1. The fourth-order valence-electron chi connectivity index (χ4n) is 5.05. The van der Waals surface area contributed by atoms with Crippen LogP contribution >= 0.6 is 11.6 Å². The molecule has 7 heteroatoms. The van der Waals surface area contributed by atoms with Crippen molar-refractivity contribution in [3.05, 3.63) is 69.6 Å². The average Bonchev–Trinajstić information content (AvgIpc) is 3.37. The lowest BCUT2D eigenvalue weighted by Gasteiger charge is -2.26. The lowest BCUT2D eigenvalue weighted by atomic mass is 10.1. The van der Waals surface area contributed by atoms with Crippen LogP contribution in [0.25, 0.3) is 0 Å². The van der Waals surface area contributed by atoms with E-state index >= 15 is 0 Å². The zero-order valence-corrected chi connectivity index (χ0v) is 22.1. The SMILES string of the molecule is Cc1ccc(N(CCCN2CC3=CN(C(=O)c4c(C)ccnc4C)CC3C2)C(=O)C(C)C)cc1Cl. The minimum Gasteiger partial charge on any atom is -0.314 e. The molecular weight excluding hydrogens is 460 g/mol. The van der Waals surface area contributed by atoms with E-state index in [1.165, 1.54) is 5.57 Å². The minimum atomic E-state index is -0.0815. The van der Waals surface area contributed by atoms with Crippen molar-refractivity contribution in [1.29, 1.82) is 0 Å². The number of carbonyl (C=O) groups excluding carboxylic acids is 2. The van der Waals surface area contributed by atoms with Gasteiger partial charge in [-0.25, -0.2) is 0 Å². The summed E-state index contributed by atoms with van der Waals surface area (Å²) in [6.07, 6.45) is 4.67. The number of hydrogen-bond acceptors (Lipinski definition) is 4. The summed E-state index contributed by atoms with van der Waals surface area (Å²) < 4.78 is 0. The number of anilines is 1. The third kappa shape index (κ3) is 5.44. The van der Waals surface area contributed by atoms with Gasteiger partial charge in [0.2, 0.25) is 5.91 Å². The Morgan fingerprint density at radius 3 is 2.57 bits per heavy atom. The fourth-order valence-corrected chi connectivity index (χ4v) is 5.22. The summed E-state index contributed by atoms with van der Waals surface area (Å²) in [6, 6.07) is 7.72. The molecule has 0 saturated carbocycles. The summed E-state index contributed by atoms with van der Waals surface area (Å²) in [7, 11) is 0. The third-order valence-corrected chi connectivity index (χ3v) is 7.46. The van der Waals surface area contributed by atoms with E-state index in [0.717, 1.165) is 55.1 Å². The summed E-state index contributed by atoms with van der Waals surface area (Å²) in [6.45, 7) is 13.8. The number of pyridine rings is 1. The van der Waals surface area contributed by atoms with Gasteiger partial charge < -0.3 is 9.80 Å². The molecule has 0 radical (unpaired) electrons. The van der Waals surface area contributed by atoms with Gasteiger partial charge in [-0.2, -0.15) is 0 Å². The van der Waals surface area contributed by atoms with Crippen molar-refractivity contribution in [3.8, 4) is 0 Å². The van der Waals surface area contributed by atoms with Crippen LogP contribution in [-0.4, -0.2) is 59.3 Å². The number of hydrogen-bond donors (Lipinski definition) is 0. The van der Waals surface area contributed by atoms with Gasteiger partial charge >= 0.3 is 0 Å². The third-order valence-electron chi connectivity index (χ3n) is 7.05. The summed E-state index contributed by atoms with van der Waals surface area (Å²) >= 11 is 6.34. The van der Waals surface area contributed by atoms with Crippen LogP contribution in [-0.2, 0) is 4.79 Å². The molecular formula is C28H35ClN4O2. The summed E-state index contributed by atoms with van der Waals surface area (Å²) in [5.41, 5.74) is 5.64. The Bertz CT molecular complexity index is 1140. The van der Waals surface area contributed by atoms with Gasteiger partial charge in [-0.05, 0) is 62.1 Å². The molecule has 1 fully saturated rings. The predicted octanol–water partition coefficient (Wildman–Crippen LogP) is 5.01. The van der Waals surface area contributed by atoms with E-state index in [0.29, 0.717) is 23.0 Å². The maximum Gasteiger partial charge on any atom is 0.259 e. The Kier molecular flexibility index (Phi) is 7.62. The molecule has 1 saturated heterocycles. The van der Waals surface area contributed by atoms with Gasteiger partial charge in [0.05, 0.1) is 11.3 Å². The highest BCUT2D eigenvalue weighted by Crippen LogP contribution is 2.31. The Balaban J connectivity index is 1.36. The van der Waals surface area contributed by atoms with Crippen LogP contribution in [0, 0.1) is 32.6 Å². The van der Waals surface area contributed by atoms with Crippen molar-refractivity contribution in [2.45, 2.75) is 41.0 Å². The molecule has 2 aromatic rings. The van der Waals surface area contributed by atoms with Gasteiger partial charge in [0.15, 0.2) is 0 Å². The van der Waals surface area contributed by atoms with Crippen molar-refractivity contribution in [2.24, 2.45) is 11.8 Å². The Labute approximate surface area is 213 Å². The van der Waals surface area contributed by atoms with Gasteiger partial charge in [-0.15, -0.1) is 0 Å². The molecule has 0 bridgehead atoms. The Morgan fingerprint density at radius 1 is 1.14 bits per heavy atom. The molecule has 35 heavy (non-hydrogen) atoms. The molecule has 6 nitrogen and oxygen atoms in total. The number of aromatic nitrogens is 1. The van der Waals surface area contributed by atoms with Crippen molar-refractivity contribution >= 4 is 29.1 Å². The summed E-state index contributed by atoms with van der Waals surface area (Å²) in [5.74, 6) is 0.449. The molecule has 2 amide bonds. The Hall–Kier alpha value is -2.70. The quantitative estimate of drug-likeness (QED) is 0.543. The second-order valence-corrected chi connectivity index (χ2v) is 10.5. The van der Waals surface area contributed by atoms with Gasteiger partial charge in [0, 0.05) is 67.7 Å². The van der Waals surface area contributed by atoms with Gasteiger partial charge in [0.1, 0.15) is 0 Å². The normalized spacial score (nSPS) is 17.6. The summed E-state index contributed by atoms with van der Waals surface area (Å²) in [5, 5.41) is 0.680. The van der Waals surface area contributed by atoms with Crippen LogP contribution in [0.15, 0.2) is 42.2 Å². The number of fused-ring (bicyclic) bond motifs is 1. The van der Waals surface area contributed by atoms with Crippen LogP contribution in [0.1, 0.15) is 47.4 Å². The molecule has 2 aliphatic heterocycles. The second kappa shape index (κ2) is 10.5. The first-order valence-corrected chi connectivity index (χ1v) is 12.8. The minimum absolute atomic E-state index is 0.0427. The number of amides is 2. The fraction of sp³-hybridized carbons (Fsp3) is 0.464. The standard InChI is InChI=1S/C28H35ClN4O2/c1-18(2)27(34)33(24-8-7-19(3)25(29)13-24)12-6-11-31-14-22-16-32(17-23(22)15-31)28(35)26-20(4)9-10-30-21(26)5/h7-10,13,16,18,23H,6,11-12,14-15,17H2,1-5H3. The van der Waals surface area contributed by atoms with Crippen molar-refractivity contribution in [1.82, 2.24) is 14.8 Å². The highest BCUT2D eigenvalue weighted by atomic mass is 35.5. The van der Waals surface area contributed by atoms with Gasteiger partial charge in [0.25, 0.3) is 5.91 Å². The summed E-state index contributed by atoms with van der Waals surface area (Å²) in [4.78, 5) is 36.5. The van der Waals surface area contributed by atoms with E-state index in [1.807, 2.05) is 74.9 Å². The van der Waals surface area contributed by atoms with E-state index in [4.69, 9.17) is 11.6 Å². The first kappa shape index (κ1) is 25.4. The number of carbonyl (C=O) groups is 2. The number of nitrogens with zero attached hydrogens (tertiary/aromatic N) is 4. The number of benzene rings is 1. The van der Waals surface area contributed by atoms with E-state index in [-0.39, 0.29) is 17.7 Å². The number of likely N-dealkylation sites (tertiary alicyclic amines) is 1. The van der Waals surface area contributed by atoms with Crippen molar-refractivity contribution in [2.75, 3.05) is 37.6 Å². The zero-order chi connectivity index (χ0) is 25.3. The van der Waals surface area contributed by atoms with E-state index in [2.05, 4.69) is 9.88 Å². The molecule has 4 rings (SSSR count). The molecule has 1 aromatic heterocycles. The van der Waals surface area contributed by atoms with E-state index < -0.39 is 0 Å². The first-order valence-electron chi connectivity index (χ1n) is 12.4. The van der Waals surface area contributed by atoms with Crippen LogP contribution in [0.2, 0.25) is 5.02 Å². The largest absolute Gasteiger partial charge is 0.314 e. The number of halogens is 1. The van der Waals surface area contributed by atoms with E-state index in [1.54, 1.807) is 6.20 Å². The number of aryl methyl sites for hydroxylation is 3. The number of rotatable bonds is 7. The lowest BCUT2D eigenvalue weighted by molar-refractivity contribution is -0.121. The molecule has 1 aromatic carbocycles. The molecule has 0 spiro atoms. The van der Waals surface area contributed by atoms with Crippen LogP contribution in [0.3, 0.4) is 0 Å². The van der Waals surface area contributed by atoms with Crippen LogP contribution < -0.4 is 4.90 Å². The van der Waals surface area contributed by atoms with Crippen molar-refractivity contribution in [3.63, 3.8) is 0 Å². The molecule has 2 aliphatic rings. The van der Waals surface area contributed by atoms with Crippen LogP contribution in [0.4, 0.5) is 5.69 Å². The van der Waals surface area contributed by atoms with E-state index in [9.17, 15) is 9.59 Å². The lowest BCUT2D eigenvalue weighted by Crippen LogP contribution is -2.37. The van der Waals surface area contributed by atoms with Gasteiger partial charge in [-0.1, -0.05) is 31.5 Å². The highest BCUT2D eigenvalue weighted by Gasteiger charge is 2.36. The molecule has 186 valence electrons. The van der Waals surface area contributed by atoms with Crippen molar-refractivity contribution < 1.29 is 9.59 Å². The second-order valence-electron chi connectivity index (χ2n) is 10.1. The Morgan fingerprint density at radius 2 is 1.91 bits per heavy atom. The van der Waals surface area contributed by atoms with Gasteiger partial charge in [-0.3, -0.25) is 19.5 Å². The molecule has 0 N–H and O–H groups in total. The molecule has 3 heterocycles. The zero-order valence-electron chi connectivity index (χ0n) is 21.3. The topological polar surface area (TPSA) is 56.8 Å². The molecule has 1 unspecified atom stereocenters. The average molecular weight is 495 g/mol. The first-order chi connectivity index (χ1) is 16.7. The molecule has 0 aliphatic carbocycles. The smallest absolute Gasteiger partial charge is 0.259 e. The highest BCUT2D eigenvalue weighted by molar-refractivity contribution is 6.31. The maximum atomic E-state index is 13.1. The predicted molar refractivity (Wildman–Crippen MR) is 141 cm³/mol. The molecule has 1 atom stereocenters. The van der Waals surface area contributed by atoms with Crippen LogP contribution in [0.5, 0.6) is 0 Å². The monoisotopic (exact) mass is 494 g/mol.